The van der Waals surface area contributed by atoms with Crippen molar-refractivity contribution in [1.82, 2.24) is 4.98 Å². The van der Waals surface area contributed by atoms with Crippen LogP contribution < -0.4 is 4.90 Å². The number of halogens is 1. The van der Waals surface area contributed by atoms with E-state index in [1.54, 1.807) is 0 Å². The number of hydrogen-bond donors (Lipinski definition) is 0. The molecular formula is C12H17BrN2S. The third-order valence-electron chi connectivity index (χ3n) is 2.74. The lowest BCUT2D eigenvalue weighted by Gasteiger charge is -2.38. The second-order valence-corrected chi connectivity index (χ2v) is 7.01. The fraction of sp³-hybridized carbons (Fsp3) is 0.583. The first-order valence-corrected chi connectivity index (χ1v) is 7.62. The maximum Gasteiger partial charge on any atom is 0.132 e. The lowest BCUT2D eigenvalue weighted by molar-refractivity contribution is 0.641. The third kappa shape index (κ3) is 2.72. The Morgan fingerprint density at radius 3 is 3.06 bits per heavy atom. The molecule has 0 amide bonds. The summed E-state index contributed by atoms with van der Waals surface area (Å²) in [6.07, 6.45) is 1.89. The zero-order valence-corrected chi connectivity index (χ0v) is 12.1. The number of pyridine rings is 1. The van der Waals surface area contributed by atoms with Gasteiger partial charge >= 0.3 is 0 Å². The van der Waals surface area contributed by atoms with Gasteiger partial charge in [0.1, 0.15) is 5.82 Å². The number of aromatic nitrogens is 1. The lowest BCUT2D eigenvalue weighted by atomic mass is 10.1. The van der Waals surface area contributed by atoms with Gasteiger partial charge in [0.05, 0.1) is 0 Å². The number of rotatable bonds is 2. The molecule has 1 aromatic heterocycles. The molecule has 2 rings (SSSR count). The SMILES string of the molecule is CC1(C)CN(c2ncccc2CBr)CCS1. The topological polar surface area (TPSA) is 16.1 Å². The Morgan fingerprint density at radius 1 is 1.56 bits per heavy atom. The molecule has 4 heteroatoms. The maximum absolute atomic E-state index is 4.53. The van der Waals surface area contributed by atoms with Crippen LogP contribution in [0.5, 0.6) is 0 Å². The first-order chi connectivity index (χ1) is 7.62. The van der Waals surface area contributed by atoms with Crippen LogP contribution in [0.2, 0.25) is 0 Å². The maximum atomic E-state index is 4.53. The molecule has 1 aliphatic heterocycles. The van der Waals surface area contributed by atoms with E-state index in [0.29, 0.717) is 4.75 Å². The fourth-order valence-electron chi connectivity index (χ4n) is 2.02. The van der Waals surface area contributed by atoms with Crippen molar-refractivity contribution < 1.29 is 0 Å². The van der Waals surface area contributed by atoms with Crippen LogP contribution in [0.3, 0.4) is 0 Å². The molecule has 1 fully saturated rings. The Hall–Kier alpha value is -0.220. The van der Waals surface area contributed by atoms with E-state index in [-0.39, 0.29) is 0 Å². The first kappa shape index (κ1) is 12.2. The summed E-state index contributed by atoms with van der Waals surface area (Å²) in [6.45, 7) is 6.79. The first-order valence-electron chi connectivity index (χ1n) is 5.51. The fourth-order valence-corrected chi connectivity index (χ4v) is 3.57. The van der Waals surface area contributed by atoms with E-state index in [2.05, 4.69) is 57.5 Å². The Morgan fingerprint density at radius 2 is 2.38 bits per heavy atom. The van der Waals surface area contributed by atoms with Crippen LogP contribution in [0, 0.1) is 0 Å². The third-order valence-corrected chi connectivity index (χ3v) is 4.64. The van der Waals surface area contributed by atoms with E-state index in [1.807, 2.05) is 12.3 Å². The van der Waals surface area contributed by atoms with Gasteiger partial charge in [-0.3, -0.25) is 0 Å². The lowest BCUT2D eigenvalue weighted by Crippen LogP contribution is -2.43. The quantitative estimate of drug-likeness (QED) is 0.780. The summed E-state index contributed by atoms with van der Waals surface area (Å²) in [5.74, 6) is 2.33. The average Bonchev–Trinajstić information content (AvgIpc) is 2.27. The largest absolute Gasteiger partial charge is 0.354 e. The van der Waals surface area contributed by atoms with Crippen molar-refractivity contribution in [3.05, 3.63) is 23.9 Å². The van der Waals surface area contributed by atoms with Crippen molar-refractivity contribution >= 4 is 33.5 Å². The van der Waals surface area contributed by atoms with E-state index in [1.165, 1.54) is 11.3 Å². The molecule has 88 valence electrons. The molecule has 16 heavy (non-hydrogen) atoms. The van der Waals surface area contributed by atoms with Crippen molar-refractivity contribution in [3.63, 3.8) is 0 Å². The number of nitrogens with zero attached hydrogens (tertiary/aromatic N) is 2. The molecule has 2 heterocycles. The molecular weight excluding hydrogens is 284 g/mol. The predicted octanol–water partition coefficient (Wildman–Crippen LogP) is 3.31. The second-order valence-electron chi connectivity index (χ2n) is 4.65. The molecule has 0 radical (unpaired) electrons. The van der Waals surface area contributed by atoms with Crippen LogP contribution in [-0.2, 0) is 5.33 Å². The molecule has 1 aromatic rings. The van der Waals surface area contributed by atoms with Gasteiger partial charge in [0.25, 0.3) is 0 Å². The Bertz CT molecular complexity index is 368. The molecule has 0 unspecified atom stereocenters. The van der Waals surface area contributed by atoms with E-state index in [4.69, 9.17) is 0 Å². The zero-order valence-electron chi connectivity index (χ0n) is 9.74. The summed E-state index contributed by atoms with van der Waals surface area (Å²) in [5.41, 5.74) is 1.28. The molecule has 0 spiro atoms. The van der Waals surface area contributed by atoms with Crippen molar-refractivity contribution in [2.45, 2.75) is 23.9 Å². The molecule has 0 aromatic carbocycles. The molecule has 1 saturated heterocycles. The van der Waals surface area contributed by atoms with E-state index < -0.39 is 0 Å². The summed E-state index contributed by atoms with van der Waals surface area (Å²) >= 11 is 5.58. The van der Waals surface area contributed by atoms with Crippen LogP contribution in [0.15, 0.2) is 18.3 Å². The van der Waals surface area contributed by atoms with Gasteiger partial charge in [-0.15, -0.1) is 0 Å². The number of hydrogen-bond acceptors (Lipinski definition) is 3. The summed E-state index contributed by atoms with van der Waals surface area (Å²) in [7, 11) is 0. The van der Waals surface area contributed by atoms with E-state index in [0.717, 1.165) is 24.2 Å². The van der Waals surface area contributed by atoms with Crippen molar-refractivity contribution in [2.24, 2.45) is 0 Å². The van der Waals surface area contributed by atoms with Gasteiger partial charge in [-0.2, -0.15) is 11.8 Å². The van der Waals surface area contributed by atoms with Crippen LogP contribution >= 0.6 is 27.7 Å². The minimum Gasteiger partial charge on any atom is -0.354 e. The molecule has 2 nitrogen and oxygen atoms in total. The van der Waals surface area contributed by atoms with Gasteiger partial charge in [0.2, 0.25) is 0 Å². The highest BCUT2D eigenvalue weighted by molar-refractivity contribution is 9.08. The second kappa shape index (κ2) is 4.96. The normalized spacial score (nSPS) is 19.8. The molecule has 0 saturated carbocycles. The predicted molar refractivity (Wildman–Crippen MR) is 75.6 cm³/mol. The summed E-state index contributed by atoms with van der Waals surface area (Å²) in [5, 5.41) is 0.875. The number of alkyl halides is 1. The van der Waals surface area contributed by atoms with E-state index >= 15 is 0 Å². The molecule has 0 N–H and O–H groups in total. The minimum absolute atomic E-state index is 0.333. The van der Waals surface area contributed by atoms with Crippen LogP contribution in [-0.4, -0.2) is 28.6 Å². The Kier molecular flexibility index (Phi) is 3.80. The van der Waals surface area contributed by atoms with Gasteiger partial charge in [-0.1, -0.05) is 22.0 Å². The van der Waals surface area contributed by atoms with Gasteiger partial charge in [-0.05, 0) is 19.9 Å². The van der Waals surface area contributed by atoms with E-state index in [9.17, 15) is 0 Å². The van der Waals surface area contributed by atoms with Gasteiger partial charge in [0.15, 0.2) is 0 Å². The zero-order chi connectivity index (χ0) is 11.6. The number of thioether (sulfide) groups is 1. The number of anilines is 1. The highest BCUT2D eigenvalue weighted by Gasteiger charge is 2.28. The average molecular weight is 301 g/mol. The van der Waals surface area contributed by atoms with Crippen LogP contribution in [0.4, 0.5) is 5.82 Å². The van der Waals surface area contributed by atoms with Gasteiger partial charge in [-0.25, -0.2) is 4.98 Å². The van der Waals surface area contributed by atoms with Crippen LogP contribution in [0.1, 0.15) is 19.4 Å². The van der Waals surface area contributed by atoms with Crippen molar-refractivity contribution in [2.75, 3.05) is 23.7 Å². The monoisotopic (exact) mass is 300 g/mol. The molecule has 0 aliphatic carbocycles. The van der Waals surface area contributed by atoms with Crippen molar-refractivity contribution in [3.8, 4) is 0 Å². The van der Waals surface area contributed by atoms with Crippen molar-refractivity contribution in [1.29, 1.82) is 0 Å². The minimum atomic E-state index is 0.333. The molecule has 1 aliphatic rings. The highest BCUT2D eigenvalue weighted by Crippen LogP contribution is 2.32. The summed E-state index contributed by atoms with van der Waals surface area (Å²) in [6, 6.07) is 4.15. The van der Waals surface area contributed by atoms with Gasteiger partial charge in [0, 0.05) is 40.7 Å². The smallest absolute Gasteiger partial charge is 0.132 e. The molecule has 0 bridgehead atoms. The van der Waals surface area contributed by atoms with Gasteiger partial charge < -0.3 is 4.90 Å². The summed E-state index contributed by atoms with van der Waals surface area (Å²) < 4.78 is 0.333. The standard InChI is InChI=1S/C12H17BrN2S/c1-12(2)9-15(6-7-16-12)11-10(8-13)4-3-5-14-11/h3-5H,6-9H2,1-2H3. The molecule has 0 atom stereocenters. The highest BCUT2D eigenvalue weighted by atomic mass is 79.9. The van der Waals surface area contributed by atoms with Crippen LogP contribution in [0.25, 0.3) is 0 Å². The Balaban J connectivity index is 2.23. The summed E-state index contributed by atoms with van der Waals surface area (Å²) in [4.78, 5) is 6.94. The Labute approximate surface area is 110 Å².